The first-order valence-corrected chi connectivity index (χ1v) is 10.0. The maximum absolute atomic E-state index is 12.7. The van der Waals surface area contributed by atoms with Crippen molar-refractivity contribution in [1.82, 2.24) is 4.98 Å². The predicted molar refractivity (Wildman–Crippen MR) is 113 cm³/mol. The number of anilines is 1. The number of benzene rings is 2. The van der Waals surface area contributed by atoms with Crippen molar-refractivity contribution in [3.63, 3.8) is 0 Å². The van der Waals surface area contributed by atoms with Crippen LogP contribution in [0.3, 0.4) is 0 Å². The normalized spacial score (nSPS) is 10.8. The van der Waals surface area contributed by atoms with Crippen molar-refractivity contribution >= 4 is 22.9 Å². The van der Waals surface area contributed by atoms with Crippen LogP contribution < -0.4 is 14.8 Å². The number of amides is 1. The lowest BCUT2D eigenvalue weighted by Crippen LogP contribution is -2.13. The number of carbonyl (C=O) groups excluding carboxylic acids is 1. The first kappa shape index (κ1) is 19.9. The molecule has 2 aromatic carbocycles. The molecule has 0 aliphatic heterocycles. The summed E-state index contributed by atoms with van der Waals surface area (Å²) in [5.74, 6) is 1.24. The summed E-state index contributed by atoms with van der Waals surface area (Å²) < 4.78 is 11.5. The van der Waals surface area contributed by atoms with E-state index in [2.05, 4.69) is 10.3 Å². The minimum atomic E-state index is -0.185. The van der Waals surface area contributed by atoms with E-state index < -0.39 is 0 Å². The van der Waals surface area contributed by atoms with Crippen molar-refractivity contribution < 1.29 is 14.3 Å². The average Bonchev–Trinajstić information content (AvgIpc) is 3.07. The third kappa shape index (κ3) is 5.33. The number of hydrogen-bond donors (Lipinski definition) is 1. The zero-order valence-corrected chi connectivity index (χ0v) is 17.3. The Labute approximate surface area is 169 Å². The van der Waals surface area contributed by atoms with Gasteiger partial charge in [0.05, 0.1) is 16.8 Å². The second-order valence-electron chi connectivity index (χ2n) is 6.77. The van der Waals surface area contributed by atoms with Gasteiger partial charge in [-0.1, -0.05) is 6.07 Å². The molecule has 1 amide bonds. The molecule has 5 nitrogen and oxygen atoms in total. The van der Waals surface area contributed by atoms with Crippen LogP contribution in [0.15, 0.2) is 47.8 Å². The molecule has 3 aromatic rings. The fraction of sp³-hybridized carbons (Fsp3) is 0.273. The molecule has 0 atom stereocenters. The minimum Gasteiger partial charge on any atom is -0.491 e. The molecule has 1 N–H and O–H groups in total. The molecular weight excluding hydrogens is 372 g/mol. The van der Waals surface area contributed by atoms with Crippen molar-refractivity contribution in [3.8, 4) is 11.5 Å². The highest BCUT2D eigenvalue weighted by Gasteiger charge is 2.10. The summed E-state index contributed by atoms with van der Waals surface area (Å²) >= 11 is 1.59. The van der Waals surface area contributed by atoms with Gasteiger partial charge in [0.2, 0.25) is 0 Å². The number of ether oxygens (including phenoxy) is 2. The van der Waals surface area contributed by atoms with Gasteiger partial charge >= 0.3 is 0 Å². The van der Waals surface area contributed by atoms with E-state index in [1.807, 2.05) is 63.4 Å². The molecule has 0 aliphatic rings. The molecule has 6 heteroatoms. The fourth-order valence-corrected chi connectivity index (χ4v) is 3.27. The summed E-state index contributed by atoms with van der Waals surface area (Å²) in [6.07, 6.45) is 0.107. The highest BCUT2D eigenvalue weighted by Crippen LogP contribution is 2.23. The third-order valence-corrected chi connectivity index (χ3v) is 4.79. The molecule has 0 spiro atoms. The lowest BCUT2D eigenvalue weighted by molar-refractivity contribution is 0.102. The SMILES string of the molecule is Cc1nc(COc2cccc(C(=O)Nc3ccc(OC(C)C)cc3C)c2)cs1. The molecule has 0 fully saturated rings. The molecule has 0 bridgehead atoms. The van der Waals surface area contributed by atoms with E-state index in [9.17, 15) is 4.79 Å². The van der Waals surface area contributed by atoms with Crippen LogP contribution >= 0.6 is 11.3 Å². The molecule has 0 saturated heterocycles. The zero-order chi connectivity index (χ0) is 20.1. The third-order valence-electron chi connectivity index (χ3n) is 3.97. The second kappa shape index (κ2) is 8.89. The van der Waals surface area contributed by atoms with Gasteiger partial charge in [-0.3, -0.25) is 4.79 Å². The van der Waals surface area contributed by atoms with Crippen molar-refractivity contribution in [2.45, 2.75) is 40.4 Å². The quantitative estimate of drug-likeness (QED) is 0.582. The monoisotopic (exact) mass is 396 g/mol. The number of nitrogens with zero attached hydrogens (tertiary/aromatic N) is 1. The van der Waals surface area contributed by atoms with Crippen LogP contribution in [0.5, 0.6) is 11.5 Å². The van der Waals surface area contributed by atoms with Crippen LogP contribution in [0.4, 0.5) is 5.69 Å². The number of hydrogen-bond acceptors (Lipinski definition) is 5. The van der Waals surface area contributed by atoms with Crippen LogP contribution in [-0.2, 0) is 6.61 Å². The van der Waals surface area contributed by atoms with Gasteiger partial charge in [0.1, 0.15) is 18.1 Å². The van der Waals surface area contributed by atoms with Gasteiger partial charge in [-0.05, 0) is 69.7 Å². The smallest absolute Gasteiger partial charge is 0.255 e. The Balaban J connectivity index is 1.65. The molecule has 3 rings (SSSR count). The van der Waals surface area contributed by atoms with Crippen LogP contribution in [0.2, 0.25) is 0 Å². The Bertz CT molecular complexity index is 966. The summed E-state index contributed by atoms with van der Waals surface area (Å²) in [5, 5.41) is 5.93. The highest BCUT2D eigenvalue weighted by atomic mass is 32.1. The molecule has 146 valence electrons. The summed E-state index contributed by atoms with van der Waals surface area (Å²) in [6, 6.07) is 12.8. The van der Waals surface area contributed by atoms with Gasteiger partial charge in [-0.2, -0.15) is 0 Å². The molecule has 0 unspecified atom stereocenters. The summed E-state index contributed by atoms with van der Waals surface area (Å²) in [6.45, 7) is 8.25. The molecular formula is C22H24N2O3S. The molecule has 1 aromatic heterocycles. The van der Waals surface area contributed by atoms with Gasteiger partial charge in [0.15, 0.2) is 0 Å². The Kier molecular flexibility index (Phi) is 6.31. The molecule has 28 heavy (non-hydrogen) atoms. The standard InChI is InChI=1S/C22H24N2O3S/c1-14(2)27-20-8-9-21(15(3)10-20)24-22(25)17-6-5-7-19(11-17)26-12-18-13-28-16(4)23-18/h5-11,13-14H,12H2,1-4H3,(H,24,25). The maximum Gasteiger partial charge on any atom is 0.255 e. The van der Waals surface area contributed by atoms with E-state index in [1.54, 1.807) is 23.5 Å². The number of rotatable bonds is 7. The maximum atomic E-state index is 12.7. The Morgan fingerprint density at radius 3 is 2.64 bits per heavy atom. The Hall–Kier alpha value is -2.86. The average molecular weight is 397 g/mol. The van der Waals surface area contributed by atoms with Gasteiger partial charge < -0.3 is 14.8 Å². The van der Waals surface area contributed by atoms with Crippen molar-refractivity contribution in [2.75, 3.05) is 5.32 Å². The van der Waals surface area contributed by atoms with Crippen LogP contribution in [0, 0.1) is 13.8 Å². The first-order chi connectivity index (χ1) is 13.4. The topological polar surface area (TPSA) is 60.5 Å². The lowest BCUT2D eigenvalue weighted by Gasteiger charge is -2.13. The molecule has 1 heterocycles. The minimum absolute atomic E-state index is 0.107. The number of nitrogens with one attached hydrogen (secondary N) is 1. The molecule has 0 aliphatic carbocycles. The van der Waals surface area contributed by atoms with Crippen molar-refractivity contribution in [3.05, 3.63) is 69.7 Å². The fourth-order valence-electron chi connectivity index (χ4n) is 2.68. The number of carbonyl (C=O) groups is 1. The number of thiazole rings is 1. The van der Waals surface area contributed by atoms with E-state index in [1.165, 1.54) is 0 Å². The van der Waals surface area contributed by atoms with Crippen molar-refractivity contribution in [2.24, 2.45) is 0 Å². The molecule has 0 radical (unpaired) electrons. The van der Waals surface area contributed by atoms with Crippen LogP contribution in [-0.4, -0.2) is 17.0 Å². The van der Waals surface area contributed by atoms with E-state index in [4.69, 9.17) is 9.47 Å². The Morgan fingerprint density at radius 2 is 1.96 bits per heavy atom. The second-order valence-corrected chi connectivity index (χ2v) is 7.83. The van der Waals surface area contributed by atoms with E-state index in [-0.39, 0.29) is 12.0 Å². The van der Waals surface area contributed by atoms with Crippen molar-refractivity contribution in [1.29, 1.82) is 0 Å². The predicted octanol–water partition coefficient (Wildman–Crippen LogP) is 5.38. The lowest BCUT2D eigenvalue weighted by atomic mass is 10.1. The largest absolute Gasteiger partial charge is 0.491 e. The number of aromatic nitrogens is 1. The van der Waals surface area contributed by atoms with Gasteiger partial charge in [0, 0.05) is 16.6 Å². The Morgan fingerprint density at radius 1 is 1.14 bits per heavy atom. The summed E-state index contributed by atoms with van der Waals surface area (Å²) in [7, 11) is 0. The van der Waals surface area contributed by atoms with Crippen LogP contribution in [0.25, 0.3) is 0 Å². The van der Waals surface area contributed by atoms with E-state index in [0.29, 0.717) is 17.9 Å². The van der Waals surface area contributed by atoms with Gasteiger partial charge in [-0.25, -0.2) is 4.98 Å². The highest BCUT2D eigenvalue weighted by molar-refractivity contribution is 7.09. The summed E-state index contributed by atoms with van der Waals surface area (Å²) in [5.41, 5.74) is 3.12. The molecule has 0 saturated carbocycles. The van der Waals surface area contributed by atoms with E-state index in [0.717, 1.165) is 27.7 Å². The number of aryl methyl sites for hydroxylation is 2. The zero-order valence-electron chi connectivity index (χ0n) is 16.5. The summed E-state index contributed by atoms with van der Waals surface area (Å²) in [4.78, 5) is 17.0. The first-order valence-electron chi connectivity index (χ1n) is 9.13. The van der Waals surface area contributed by atoms with Crippen LogP contribution in [0.1, 0.15) is 40.5 Å². The van der Waals surface area contributed by atoms with Gasteiger partial charge in [-0.15, -0.1) is 11.3 Å². The van der Waals surface area contributed by atoms with Gasteiger partial charge in [0.25, 0.3) is 5.91 Å². The van der Waals surface area contributed by atoms with E-state index >= 15 is 0 Å².